The molecule has 0 bridgehead atoms. The number of nitrogens with zero attached hydrogens (tertiary/aromatic N) is 4. The number of hydrogen-bond donors (Lipinski definition) is 1. The van der Waals surface area contributed by atoms with Gasteiger partial charge in [-0.2, -0.15) is 0 Å². The van der Waals surface area contributed by atoms with Crippen LogP contribution in [-0.4, -0.2) is 62.2 Å². The van der Waals surface area contributed by atoms with E-state index in [2.05, 4.69) is 44.5 Å². The molecule has 0 unspecified atom stereocenters. The minimum Gasteiger partial charge on any atom is -0.495 e. The first-order chi connectivity index (χ1) is 13.2. The van der Waals surface area contributed by atoms with Crippen LogP contribution < -0.4 is 15.0 Å². The quantitative estimate of drug-likeness (QED) is 0.363. The predicted octanol–water partition coefficient (Wildman–Crippen LogP) is 3.41. The number of guanidine groups is 1. The molecule has 1 fully saturated rings. The van der Waals surface area contributed by atoms with Gasteiger partial charge >= 0.3 is 0 Å². The second kappa shape index (κ2) is 11.5. The molecule has 2 heterocycles. The van der Waals surface area contributed by atoms with Crippen molar-refractivity contribution in [2.24, 2.45) is 4.99 Å². The summed E-state index contributed by atoms with van der Waals surface area (Å²) in [4.78, 5) is 14.1. The van der Waals surface area contributed by atoms with E-state index in [9.17, 15) is 0 Å². The molecule has 1 aliphatic rings. The number of piperazine rings is 1. The number of aliphatic imine (C=N–C) groups is 1. The third-order valence-electron chi connectivity index (χ3n) is 4.64. The zero-order valence-electron chi connectivity index (χ0n) is 16.9. The van der Waals surface area contributed by atoms with Gasteiger partial charge in [0.15, 0.2) is 5.96 Å². The highest BCUT2D eigenvalue weighted by molar-refractivity contribution is 14.0. The minimum absolute atomic E-state index is 0. The van der Waals surface area contributed by atoms with Gasteiger partial charge in [0.2, 0.25) is 0 Å². The number of ether oxygens (including phenoxy) is 1. The van der Waals surface area contributed by atoms with Crippen LogP contribution in [0.2, 0.25) is 0 Å². The molecule has 0 atom stereocenters. The number of anilines is 1. The molecule has 0 amide bonds. The fourth-order valence-electron chi connectivity index (χ4n) is 3.28. The smallest absolute Gasteiger partial charge is 0.194 e. The molecule has 154 valence electrons. The lowest BCUT2D eigenvalue weighted by Crippen LogP contribution is -2.52. The number of thiazole rings is 1. The molecule has 2 aromatic rings. The Labute approximate surface area is 189 Å². The molecule has 8 heteroatoms. The van der Waals surface area contributed by atoms with Gasteiger partial charge in [-0.1, -0.05) is 12.1 Å². The van der Waals surface area contributed by atoms with Crippen molar-refractivity contribution in [3.05, 3.63) is 40.3 Å². The molecule has 1 aliphatic heterocycles. The highest BCUT2D eigenvalue weighted by atomic mass is 127. The Morgan fingerprint density at radius 3 is 2.64 bits per heavy atom. The molecule has 1 saturated heterocycles. The third kappa shape index (κ3) is 5.97. The fraction of sp³-hybridized carbons (Fsp3) is 0.500. The van der Waals surface area contributed by atoms with Gasteiger partial charge in [-0.25, -0.2) is 4.98 Å². The van der Waals surface area contributed by atoms with E-state index < -0.39 is 0 Å². The average molecular weight is 515 g/mol. The van der Waals surface area contributed by atoms with Crippen LogP contribution in [0.4, 0.5) is 5.69 Å². The summed E-state index contributed by atoms with van der Waals surface area (Å²) < 4.78 is 5.51. The van der Waals surface area contributed by atoms with Crippen LogP contribution in [0.5, 0.6) is 5.75 Å². The van der Waals surface area contributed by atoms with Crippen LogP contribution in [0.1, 0.15) is 17.6 Å². The molecule has 28 heavy (non-hydrogen) atoms. The Hall–Kier alpha value is -1.55. The SMILES string of the molecule is CCNC(=NCCc1csc(C)n1)N1CCN(c2ccccc2OC)CC1.I. The van der Waals surface area contributed by atoms with Crippen molar-refractivity contribution in [1.29, 1.82) is 0 Å². The zero-order valence-corrected chi connectivity index (χ0v) is 20.0. The molecular weight excluding hydrogens is 485 g/mol. The molecule has 0 saturated carbocycles. The summed E-state index contributed by atoms with van der Waals surface area (Å²) in [6, 6.07) is 8.23. The second-order valence-electron chi connectivity index (χ2n) is 6.49. The van der Waals surface area contributed by atoms with Gasteiger partial charge in [0.25, 0.3) is 0 Å². The number of para-hydroxylation sites is 2. The highest BCUT2D eigenvalue weighted by Crippen LogP contribution is 2.28. The van der Waals surface area contributed by atoms with Gasteiger partial charge in [-0.05, 0) is 26.0 Å². The lowest BCUT2D eigenvalue weighted by atomic mass is 10.2. The van der Waals surface area contributed by atoms with Crippen LogP contribution in [0.25, 0.3) is 0 Å². The van der Waals surface area contributed by atoms with Crippen LogP contribution in [0.15, 0.2) is 34.6 Å². The summed E-state index contributed by atoms with van der Waals surface area (Å²) in [5.41, 5.74) is 2.30. The van der Waals surface area contributed by atoms with E-state index in [4.69, 9.17) is 9.73 Å². The molecule has 0 radical (unpaired) electrons. The average Bonchev–Trinajstić information content (AvgIpc) is 3.12. The standard InChI is InChI=1S/C20H29N5OS.HI/c1-4-21-20(22-10-9-17-15-27-16(2)23-17)25-13-11-24(12-14-25)18-7-5-6-8-19(18)26-3;/h5-8,15H,4,9-14H2,1-3H3,(H,21,22);1H. The Kier molecular flexibility index (Phi) is 9.30. The van der Waals surface area contributed by atoms with E-state index in [1.807, 2.05) is 19.1 Å². The number of nitrogens with one attached hydrogen (secondary N) is 1. The van der Waals surface area contributed by atoms with E-state index in [-0.39, 0.29) is 24.0 Å². The monoisotopic (exact) mass is 515 g/mol. The number of methoxy groups -OCH3 is 1. The summed E-state index contributed by atoms with van der Waals surface area (Å²) in [5.74, 6) is 1.94. The van der Waals surface area contributed by atoms with Crippen molar-refractivity contribution in [2.75, 3.05) is 51.3 Å². The lowest BCUT2D eigenvalue weighted by Gasteiger charge is -2.38. The first kappa shape index (κ1) is 22.7. The van der Waals surface area contributed by atoms with Crippen molar-refractivity contribution < 1.29 is 4.74 Å². The van der Waals surface area contributed by atoms with Crippen LogP contribution >= 0.6 is 35.3 Å². The summed E-state index contributed by atoms with van der Waals surface area (Å²) in [6.07, 6.45) is 0.889. The molecular formula is C20H30IN5OS. The van der Waals surface area contributed by atoms with Gasteiger partial charge in [-0.15, -0.1) is 35.3 Å². The number of halogens is 1. The molecule has 3 rings (SSSR count). The Morgan fingerprint density at radius 2 is 2.00 bits per heavy atom. The first-order valence-corrected chi connectivity index (χ1v) is 10.4. The molecule has 0 aliphatic carbocycles. The van der Waals surface area contributed by atoms with E-state index in [0.717, 1.165) is 68.1 Å². The van der Waals surface area contributed by atoms with Gasteiger partial charge in [0.1, 0.15) is 5.75 Å². The van der Waals surface area contributed by atoms with Gasteiger partial charge in [0, 0.05) is 51.1 Å². The van der Waals surface area contributed by atoms with Crippen molar-refractivity contribution in [1.82, 2.24) is 15.2 Å². The lowest BCUT2D eigenvalue weighted by molar-refractivity contribution is 0.367. The van der Waals surface area contributed by atoms with E-state index >= 15 is 0 Å². The molecule has 0 spiro atoms. The summed E-state index contributed by atoms with van der Waals surface area (Å²) >= 11 is 1.70. The molecule has 6 nitrogen and oxygen atoms in total. The van der Waals surface area contributed by atoms with Crippen LogP contribution in [-0.2, 0) is 6.42 Å². The predicted molar refractivity (Wildman–Crippen MR) is 129 cm³/mol. The topological polar surface area (TPSA) is 53.0 Å². The first-order valence-electron chi connectivity index (χ1n) is 9.53. The third-order valence-corrected chi connectivity index (χ3v) is 5.46. The summed E-state index contributed by atoms with van der Waals surface area (Å²) in [7, 11) is 1.73. The molecule has 1 N–H and O–H groups in total. The fourth-order valence-corrected chi connectivity index (χ4v) is 3.92. The van der Waals surface area contributed by atoms with Crippen LogP contribution in [0, 0.1) is 6.92 Å². The molecule has 1 aromatic carbocycles. The number of aromatic nitrogens is 1. The van der Waals surface area contributed by atoms with Gasteiger partial charge in [-0.3, -0.25) is 4.99 Å². The number of rotatable bonds is 6. The largest absolute Gasteiger partial charge is 0.495 e. The van der Waals surface area contributed by atoms with E-state index in [1.165, 1.54) is 5.69 Å². The number of hydrogen-bond acceptors (Lipinski definition) is 5. The summed E-state index contributed by atoms with van der Waals surface area (Å²) in [6.45, 7) is 9.60. The summed E-state index contributed by atoms with van der Waals surface area (Å²) in [5, 5.41) is 6.68. The maximum atomic E-state index is 5.51. The molecule has 1 aromatic heterocycles. The van der Waals surface area contributed by atoms with Gasteiger partial charge in [0.05, 0.1) is 23.5 Å². The van der Waals surface area contributed by atoms with Crippen molar-refractivity contribution in [2.45, 2.75) is 20.3 Å². The van der Waals surface area contributed by atoms with Crippen molar-refractivity contribution in [3.63, 3.8) is 0 Å². The second-order valence-corrected chi connectivity index (χ2v) is 7.55. The van der Waals surface area contributed by atoms with Crippen LogP contribution in [0.3, 0.4) is 0 Å². The normalized spacial score (nSPS) is 14.6. The van der Waals surface area contributed by atoms with E-state index in [1.54, 1.807) is 18.4 Å². The van der Waals surface area contributed by atoms with Crippen molar-refractivity contribution >= 4 is 47.0 Å². The Bertz CT molecular complexity index is 759. The number of benzene rings is 1. The maximum absolute atomic E-state index is 5.51. The number of aryl methyl sites for hydroxylation is 1. The zero-order chi connectivity index (χ0) is 19.1. The van der Waals surface area contributed by atoms with E-state index in [0.29, 0.717) is 0 Å². The van der Waals surface area contributed by atoms with Gasteiger partial charge < -0.3 is 19.9 Å². The Balaban J connectivity index is 0.00000280. The highest BCUT2D eigenvalue weighted by Gasteiger charge is 2.21. The maximum Gasteiger partial charge on any atom is 0.194 e. The Morgan fingerprint density at radius 1 is 1.25 bits per heavy atom. The minimum atomic E-state index is 0. The van der Waals surface area contributed by atoms with Crippen molar-refractivity contribution in [3.8, 4) is 5.75 Å².